The predicted molar refractivity (Wildman–Crippen MR) is 131 cm³/mol. The van der Waals surface area contributed by atoms with Gasteiger partial charge in [-0.25, -0.2) is 0 Å². The molecule has 0 radical (unpaired) electrons. The molecule has 0 bridgehead atoms. The highest BCUT2D eigenvalue weighted by atomic mass is 127. The number of H-pyrrole nitrogens is 1. The van der Waals surface area contributed by atoms with Gasteiger partial charge in [0.1, 0.15) is 0 Å². The third-order valence-electron chi connectivity index (χ3n) is 5.67. The minimum Gasteiger partial charge on any atom is -0.361 e. The van der Waals surface area contributed by atoms with E-state index in [1.165, 1.54) is 16.5 Å². The molecule has 3 rings (SSSR count). The fourth-order valence-electron chi connectivity index (χ4n) is 4.19. The molecule has 6 nitrogen and oxygen atoms in total. The molecule has 1 aromatic carbocycles. The number of rotatable bonds is 7. The Hall–Kier alpha value is -1.77. The van der Waals surface area contributed by atoms with Crippen LogP contribution in [0.15, 0.2) is 35.5 Å². The van der Waals surface area contributed by atoms with Crippen LogP contribution in [-0.2, 0) is 11.2 Å². The first kappa shape index (κ1) is 23.5. The van der Waals surface area contributed by atoms with E-state index in [4.69, 9.17) is 4.99 Å². The Bertz CT molecular complexity index is 823. The predicted octanol–water partition coefficient (Wildman–Crippen LogP) is 3.53. The zero-order valence-electron chi connectivity index (χ0n) is 17.8. The number of para-hydroxylation sites is 1. The number of guanidine groups is 1. The van der Waals surface area contributed by atoms with E-state index in [0.29, 0.717) is 6.54 Å². The second-order valence-corrected chi connectivity index (χ2v) is 7.92. The third-order valence-corrected chi connectivity index (χ3v) is 5.67. The number of nitrogens with one attached hydrogen (secondary N) is 3. The smallest absolute Gasteiger partial charge is 0.230 e. The maximum atomic E-state index is 12.7. The maximum Gasteiger partial charge on any atom is 0.230 e. The van der Waals surface area contributed by atoms with Crippen LogP contribution < -0.4 is 10.6 Å². The third kappa shape index (κ3) is 5.65. The average molecular weight is 511 g/mol. The normalized spacial score (nSPS) is 15.8. The first-order valence-electron chi connectivity index (χ1n) is 10.3. The second kappa shape index (κ2) is 10.8. The lowest BCUT2D eigenvalue weighted by Gasteiger charge is -2.29. The summed E-state index contributed by atoms with van der Waals surface area (Å²) < 4.78 is 0. The SMILES string of the molecule is CCNC(=NCC1(C(=O)N(C)C)CCCC1)NCCc1c[nH]c2ccccc12.I. The van der Waals surface area contributed by atoms with Crippen molar-refractivity contribution < 1.29 is 4.79 Å². The van der Waals surface area contributed by atoms with Crippen molar-refractivity contribution in [3.05, 3.63) is 36.0 Å². The van der Waals surface area contributed by atoms with Crippen molar-refractivity contribution in [2.75, 3.05) is 33.7 Å². The summed E-state index contributed by atoms with van der Waals surface area (Å²) >= 11 is 0. The molecule has 1 aromatic heterocycles. The average Bonchev–Trinajstić information content (AvgIpc) is 3.33. The number of nitrogens with zero attached hydrogens (tertiary/aromatic N) is 2. The van der Waals surface area contributed by atoms with Gasteiger partial charge in [-0.15, -0.1) is 24.0 Å². The maximum absolute atomic E-state index is 12.7. The van der Waals surface area contributed by atoms with Crippen LogP contribution in [0, 0.1) is 5.41 Å². The molecule has 2 aromatic rings. The van der Waals surface area contributed by atoms with Crippen LogP contribution in [0.3, 0.4) is 0 Å². The number of aliphatic imine (C=N–C) groups is 1. The minimum atomic E-state index is -0.331. The summed E-state index contributed by atoms with van der Waals surface area (Å²) in [6.07, 6.45) is 7.08. The lowest BCUT2D eigenvalue weighted by atomic mass is 9.85. The zero-order chi connectivity index (χ0) is 20.0. The number of amides is 1. The van der Waals surface area contributed by atoms with Crippen LogP contribution in [0.2, 0.25) is 0 Å². The van der Waals surface area contributed by atoms with Crippen molar-refractivity contribution in [1.29, 1.82) is 0 Å². The van der Waals surface area contributed by atoms with E-state index in [2.05, 4.69) is 46.9 Å². The molecule has 0 aliphatic heterocycles. The van der Waals surface area contributed by atoms with Crippen molar-refractivity contribution in [1.82, 2.24) is 20.5 Å². The number of hydrogen-bond acceptors (Lipinski definition) is 2. The molecule has 0 unspecified atom stereocenters. The van der Waals surface area contributed by atoms with Gasteiger partial charge in [0.2, 0.25) is 5.91 Å². The van der Waals surface area contributed by atoms with Crippen molar-refractivity contribution in [3.8, 4) is 0 Å². The molecule has 0 spiro atoms. The van der Waals surface area contributed by atoms with Crippen molar-refractivity contribution in [3.63, 3.8) is 0 Å². The van der Waals surface area contributed by atoms with Crippen LogP contribution in [0.4, 0.5) is 0 Å². The van der Waals surface area contributed by atoms with Crippen molar-refractivity contribution >= 4 is 46.7 Å². The Balaban J connectivity index is 0.00000300. The molecule has 29 heavy (non-hydrogen) atoms. The summed E-state index contributed by atoms with van der Waals surface area (Å²) in [5.41, 5.74) is 2.14. The lowest BCUT2D eigenvalue weighted by Crippen LogP contribution is -2.43. The Morgan fingerprint density at radius 2 is 1.93 bits per heavy atom. The quantitative estimate of drug-likeness (QED) is 0.303. The highest BCUT2D eigenvalue weighted by Crippen LogP contribution is 2.39. The van der Waals surface area contributed by atoms with Gasteiger partial charge < -0.3 is 20.5 Å². The number of aromatic nitrogens is 1. The molecule has 1 heterocycles. The summed E-state index contributed by atoms with van der Waals surface area (Å²) in [4.78, 5) is 22.6. The number of fused-ring (bicyclic) bond motifs is 1. The van der Waals surface area contributed by atoms with Gasteiger partial charge in [-0.2, -0.15) is 0 Å². The van der Waals surface area contributed by atoms with Crippen LogP contribution in [0.5, 0.6) is 0 Å². The molecule has 1 amide bonds. The van der Waals surface area contributed by atoms with Gasteiger partial charge in [-0.1, -0.05) is 31.0 Å². The number of carbonyl (C=O) groups excluding carboxylic acids is 1. The summed E-state index contributed by atoms with van der Waals surface area (Å²) in [6.45, 7) is 4.20. The van der Waals surface area contributed by atoms with Gasteiger partial charge in [0.15, 0.2) is 5.96 Å². The molecule has 1 aliphatic carbocycles. The second-order valence-electron chi connectivity index (χ2n) is 7.92. The van der Waals surface area contributed by atoms with Gasteiger partial charge in [0, 0.05) is 44.3 Å². The van der Waals surface area contributed by atoms with Crippen molar-refractivity contribution in [2.24, 2.45) is 10.4 Å². The summed E-state index contributed by atoms with van der Waals surface area (Å²) in [6, 6.07) is 8.36. The van der Waals surface area contributed by atoms with Gasteiger partial charge in [0.05, 0.1) is 12.0 Å². The van der Waals surface area contributed by atoms with E-state index in [0.717, 1.165) is 51.2 Å². The van der Waals surface area contributed by atoms with E-state index in [1.807, 2.05) is 20.2 Å². The summed E-state index contributed by atoms with van der Waals surface area (Å²) in [7, 11) is 3.69. The number of benzene rings is 1. The highest BCUT2D eigenvalue weighted by molar-refractivity contribution is 14.0. The molecule has 160 valence electrons. The van der Waals surface area contributed by atoms with E-state index in [-0.39, 0.29) is 35.3 Å². The van der Waals surface area contributed by atoms with Crippen LogP contribution in [-0.4, -0.2) is 55.5 Å². The van der Waals surface area contributed by atoms with Gasteiger partial charge in [-0.3, -0.25) is 9.79 Å². The fourth-order valence-corrected chi connectivity index (χ4v) is 4.19. The molecule has 1 fully saturated rings. The van der Waals surface area contributed by atoms with E-state index >= 15 is 0 Å². The number of halogens is 1. The number of carbonyl (C=O) groups is 1. The molecule has 0 atom stereocenters. The molecular weight excluding hydrogens is 477 g/mol. The number of hydrogen-bond donors (Lipinski definition) is 3. The molecule has 1 aliphatic rings. The van der Waals surface area contributed by atoms with E-state index < -0.39 is 0 Å². The lowest BCUT2D eigenvalue weighted by molar-refractivity contribution is -0.138. The van der Waals surface area contributed by atoms with Crippen LogP contribution >= 0.6 is 24.0 Å². The Kier molecular flexibility index (Phi) is 8.79. The van der Waals surface area contributed by atoms with Crippen molar-refractivity contribution in [2.45, 2.75) is 39.0 Å². The molecule has 3 N–H and O–H groups in total. The van der Waals surface area contributed by atoms with Gasteiger partial charge in [0.25, 0.3) is 0 Å². The van der Waals surface area contributed by atoms with E-state index in [1.54, 1.807) is 4.90 Å². The Morgan fingerprint density at radius 3 is 2.62 bits per heavy atom. The minimum absolute atomic E-state index is 0. The summed E-state index contributed by atoms with van der Waals surface area (Å²) in [5.74, 6) is 1.00. The van der Waals surface area contributed by atoms with Crippen LogP contribution in [0.25, 0.3) is 10.9 Å². The molecular formula is C22H34IN5O. The Labute approximate surface area is 190 Å². The largest absolute Gasteiger partial charge is 0.361 e. The Morgan fingerprint density at radius 1 is 1.21 bits per heavy atom. The zero-order valence-corrected chi connectivity index (χ0v) is 20.1. The van der Waals surface area contributed by atoms with E-state index in [9.17, 15) is 4.79 Å². The highest BCUT2D eigenvalue weighted by Gasteiger charge is 2.42. The standard InChI is InChI=1S/C22H33N5O.HI/c1-4-23-21(26-16-22(12-7-8-13-22)20(28)27(2)3)24-14-11-17-15-25-19-10-6-5-9-18(17)19;/h5-6,9-10,15,25H,4,7-8,11-14,16H2,1-3H3,(H2,23,24,26);1H. The molecule has 0 saturated heterocycles. The topological polar surface area (TPSA) is 72.5 Å². The molecule has 1 saturated carbocycles. The van der Waals surface area contributed by atoms with Crippen LogP contribution in [0.1, 0.15) is 38.2 Å². The summed E-state index contributed by atoms with van der Waals surface area (Å²) in [5, 5.41) is 8.02. The molecule has 7 heteroatoms. The van der Waals surface area contributed by atoms with Gasteiger partial charge in [-0.05, 0) is 37.8 Å². The van der Waals surface area contributed by atoms with Gasteiger partial charge >= 0.3 is 0 Å². The fraction of sp³-hybridized carbons (Fsp3) is 0.545. The number of aromatic amines is 1. The monoisotopic (exact) mass is 511 g/mol. The first-order chi connectivity index (χ1) is 13.6. The first-order valence-corrected chi connectivity index (χ1v) is 10.3.